The summed E-state index contributed by atoms with van der Waals surface area (Å²) < 4.78 is 5.51. The van der Waals surface area contributed by atoms with Crippen LogP contribution in [0.3, 0.4) is 0 Å². The van der Waals surface area contributed by atoms with E-state index in [2.05, 4.69) is 11.8 Å². The minimum atomic E-state index is 0.359. The van der Waals surface area contributed by atoms with E-state index < -0.39 is 0 Å². The Labute approximate surface area is 91.8 Å². The highest BCUT2D eigenvalue weighted by Gasteiger charge is 2.24. The van der Waals surface area contributed by atoms with Gasteiger partial charge in [-0.2, -0.15) is 0 Å². The van der Waals surface area contributed by atoms with Crippen LogP contribution in [-0.4, -0.2) is 43.0 Å². The van der Waals surface area contributed by atoms with E-state index >= 15 is 0 Å². The molecule has 0 aromatic heterocycles. The van der Waals surface area contributed by atoms with Crippen molar-refractivity contribution >= 4 is 5.78 Å². The maximum absolute atomic E-state index is 11.3. The number of Topliss-reactive ketones (excluding diaryl/α,β-unsaturated/α-hetero) is 1. The molecule has 1 aliphatic carbocycles. The van der Waals surface area contributed by atoms with Gasteiger partial charge in [-0.25, -0.2) is 0 Å². The smallest absolute Gasteiger partial charge is 0.133 e. The standard InChI is InChI=1S/C12H21NO2/c1-10-8-13(5-6-15-10)9-11-3-2-4-12(14)7-11/h10-11H,2-9H2,1H3. The summed E-state index contributed by atoms with van der Waals surface area (Å²) >= 11 is 0. The van der Waals surface area contributed by atoms with Gasteiger partial charge in [-0.15, -0.1) is 0 Å². The molecule has 2 fully saturated rings. The van der Waals surface area contributed by atoms with Crippen molar-refractivity contribution in [1.82, 2.24) is 4.90 Å². The van der Waals surface area contributed by atoms with Gasteiger partial charge in [0.25, 0.3) is 0 Å². The zero-order valence-corrected chi connectivity index (χ0v) is 9.58. The molecular formula is C12H21NO2. The largest absolute Gasteiger partial charge is 0.376 e. The lowest BCUT2D eigenvalue weighted by atomic mass is 9.88. The monoisotopic (exact) mass is 211 g/mol. The van der Waals surface area contributed by atoms with Crippen LogP contribution in [0.4, 0.5) is 0 Å². The highest BCUT2D eigenvalue weighted by molar-refractivity contribution is 5.79. The first-order chi connectivity index (χ1) is 7.24. The zero-order valence-electron chi connectivity index (χ0n) is 9.58. The summed E-state index contributed by atoms with van der Waals surface area (Å²) in [6.45, 7) is 6.14. The number of morpholine rings is 1. The first-order valence-corrected chi connectivity index (χ1v) is 6.09. The average molecular weight is 211 g/mol. The molecule has 86 valence electrons. The number of carbonyl (C=O) groups excluding carboxylic acids is 1. The normalized spacial score (nSPS) is 34.3. The molecule has 0 N–H and O–H groups in total. The third kappa shape index (κ3) is 3.28. The molecule has 0 aromatic carbocycles. The van der Waals surface area contributed by atoms with Crippen LogP contribution in [0.5, 0.6) is 0 Å². The number of rotatable bonds is 2. The van der Waals surface area contributed by atoms with Gasteiger partial charge < -0.3 is 4.74 Å². The van der Waals surface area contributed by atoms with Gasteiger partial charge in [0.05, 0.1) is 12.7 Å². The lowest BCUT2D eigenvalue weighted by Gasteiger charge is -2.34. The fourth-order valence-electron chi connectivity index (χ4n) is 2.69. The minimum Gasteiger partial charge on any atom is -0.376 e. The predicted molar refractivity (Wildman–Crippen MR) is 58.8 cm³/mol. The van der Waals surface area contributed by atoms with Crippen LogP contribution in [0.2, 0.25) is 0 Å². The second-order valence-electron chi connectivity index (χ2n) is 4.94. The molecule has 2 atom stereocenters. The summed E-state index contributed by atoms with van der Waals surface area (Å²) in [6.07, 6.45) is 4.32. The van der Waals surface area contributed by atoms with Crippen molar-refractivity contribution in [2.45, 2.75) is 38.7 Å². The Kier molecular flexibility index (Phi) is 3.76. The molecule has 3 nitrogen and oxygen atoms in total. The lowest BCUT2D eigenvalue weighted by Crippen LogP contribution is -2.43. The van der Waals surface area contributed by atoms with Gasteiger partial charge in [0.15, 0.2) is 0 Å². The van der Waals surface area contributed by atoms with Crippen LogP contribution in [-0.2, 0) is 9.53 Å². The van der Waals surface area contributed by atoms with Crippen LogP contribution >= 0.6 is 0 Å². The highest BCUT2D eigenvalue weighted by Crippen LogP contribution is 2.22. The molecule has 3 heteroatoms. The van der Waals surface area contributed by atoms with Gasteiger partial charge in [0.1, 0.15) is 5.78 Å². The van der Waals surface area contributed by atoms with Crippen LogP contribution in [0.1, 0.15) is 32.6 Å². The van der Waals surface area contributed by atoms with Crippen molar-refractivity contribution < 1.29 is 9.53 Å². The third-order valence-electron chi connectivity index (χ3n) is 3.43. The summed E-state index contributed by atoms with van der Waals surface area (Å²) in [4.78, 5) is 13.8. The Morgan fingerprint density at radius 2 is 2.40 bits per heavy atom. The Morgan fingerprint density at radius 3 is 3.13 bits per heavy atom. The Hall–Kier alpha value is -0.410. The Balaban J connectivity index is 1.77. The number of carbonyl (C=O) groups is 1. The van der Waals surface area contributed by atoms with E-state index in [1.54, 1.807) is 0 Å². The summed E-state index contributed by atoms with van der Waals surface area (Å²) in [7, 11) is 0. The van der Waals surface area contributed by atoms with Gasteiger partial charge in [-0.05, 0) is 25.7 Å². The number of nitrogens with zero attached hydrogens (tertiary/aromatic N) is 1. The van der Waals surface area contributed by atoms with Crippen LogP contribution in [0.25, 0.3) is 0 Å². The van der Waals surface area contributed by atoms with Crippen LogP contribution in [0.15, 0.2) is 0 Å². The van der Waals surface area contributed by atoms with Crippen LogP contribution < -0.4 is 0 Å². The lowest BCUT2D eigenvalue weighted by molar-refractivity contribution is -0.121. The molecule has 1 aliphatic heterocycles. The SMILES string of the molecule is CC1CN(CC2CCCC(=O)C2)CCO1. The number of ketones is 1. The molecule has 1 saturated heterocycles. The van der Waals surface area contributed by atoms with Gasteiger partial charge in [0.2, 0.25) is 0 Å². The minimum absolute atomic E-state index is 0.359. The van der Waals surface area contributed by atoms with Gasteiger partial charge in [0, 0.05) is 32.5 Å². The molecule has 0 aromatic rings. The molecule has 1 heterocycles. The first kappa shape index (κ1) is 11.1. The van der Waals surface area contributed by atoms with E-state index in [1.165, 1.54) is 6.42 Å². The molecule has 2 unspecified atom stereocenters. The van der Waals surface area contributed by atoms with E-state index in [4.69, 9.17) is 4.74 Å². The van der Waals surface area contributed by atoms with E-state index in [0.29, 0.717) is 17.8 Å². The Morgan fingerprint density at radius 1 is 1.53 bits per heavy atom. The molecular weight excluding hydrogens is 190 g/mol. The van der Waals surface area contributed by atoms with Crippen molar-refractivity contribution in [3.05, 3.63) is 0 Å². The zero-order chi connectivity index (χ0) is 10.7. The van der Waals surface area contributed by atoms with Crippen molar-refractivity contribution in [2.75, 3.05) is 26.2 Å². The molecule has 0 radical (unpaired) electrons. The van der Waals surface area contributed by atoms with Crippen molar-refractivity contribution in [1.29, 1.82) is 0 Å². The highest BCUT2D eigenvalue weighted by atomic mass is 16.5. The van der Waals surface area contributed by atoms with Crippen LogP contribution in [0, 0.1) is 5.92 Å². The topological polar surface area (TPSA) is 29.5 Å². The second-order valence-corrected chi connectivity index (χ2v) is 4.94. The van der Waals surface area contributed by atoms with Crippen molar-refractivity contribution in [2.24, 2.45) is 5.92 Å². The van der Waals surface area contributed by atoms with Crippen molar-refractivity contribution in [3.8, 4) is 0 Å². The van der Waals surface area contributed by atoms with Gasteiger partial charge >= 0.3 is 0 Å². The average Bonchev–Trinajstić information content (AvgIpc) is 2.17. The van der Waals surface area contributed by atoms with Gasteiger partial charge in [-0.3, -0.25) is 9.69 Å². The maximum Gasteiger partial charge on any atom is 0.133 e. The molecule has 1 saturated carbocycles. The van der Waals surface area contributed by atoms with Gasteiger partial charge in [-0.1, -0.05) is 0 Å². The molecule has 2 aliphatic rings. The van der Waals surface area contributed by atoms with E-state index in [0.717, 1.165) is 45.5 Å². The summed E-state index contributed by atoms with van der Waals surface area (Å²) in [5, 5.41) is 0. The fourth-order valence-corrected chi connectivity index (χ4v) is 2.69. The molecule has 2 rings (SSSR count). The fraction of sp³-hybridized carbons (Fsp3) is 0.917. The molecule has 15 heavy (non-hydrogen) atoms. The number of hydrogen-bond acceptors (Lipinski definition) is 3. The summed E-state index contributed by atoms with van der Waals surface area (Å²) in [6, 6.07) is 0. The molecule has 0 amide bonds. The predicted octanol–water partition coefficient (Wildman–Crippen LogP) is 1.47. The Bertz CT molecular complexity index is 230. The summed E-state index contributed by atoms with van der Waals surface area (Å²) in [5.74, 6) is 1.07. The molecule has 0 spiro atoms. The maximum atomic E-state index is 11.3. The molecule has 0 bridgehead atoms. The number of hydrogen-bond donors (Lipinski definition) is 0. The summed E-state index contributed by atoms with van der Waals surface area (Å²) in [5.41, 5.74) is 0. The van der Waals surface area contributed by atoms with E-state index in [9.17, 15) is 4.79 Å². The quantitative estimate of drug-likeness (QED) is 0.692. The number of ether oxygens (including phenoxy) is 1. The van der Waals surface area contributed by atoms with E-state index in [-0.39, 0.29) is 0 Å². The third-order valence-corrected chi connectivity index (χ3v) is 3.43. The first-order valence-electron chi connectivity index (χ1n) is 6.09. The second kappa shape index (κ2) is 5.08. The van der Waals surface area contributed by atoms with Crippen molar-refractivity contribution in [3.63, 3.8) is 0 Å². The van der Waals surface area contributed by atoms with E-state index in [1.807, 2.05) is 0 Å².